The van der Waals surface area contributed by atoms with Crippen LogP contribution in [0.25, 0.3) is 0 Å². The minimum Gasteiger partial charge on any atom is -0.308 e. The first kappa shape index (κ1) is 28.8. The van der Waals surface area contributed by atoms with Gasteiger partial charge in [-0.3, -0.25) is 38.6 Å². The van der Waals surface area contributed by atoms with Crippen LogP contribution in [0.5, 0.6) is 0 Å². The number of nitrogens with zero attached hydrogens (tertiary/aromatic N) is 4. The molecule has 3 aliphatic heterocycles. The third-order valence-electron chi connectivity index (χ3n) is 8.79. The Morgan fingerprint density at radius 2 is 1.09 bits per heavy atom. The molecular weight excluding hydrogens is 584 g/mol. The van der Waals surface area contributed by atoms with Gasteiger partial charge in [0.2, 0.25) is 11.8 Å². The number of hydrogen-bond acceptors (Lipinski definition) is 6. The standard InChI is InChI=1S/C36H28N4O6/c1-22-19-30(40(23-11-3-2-4-12-23)32(42)21-38-35(45)26-15-7-8-16-27(26)36(38)46)28-17-9-10-18-29(28)39(22)31(41)20-37-33(43)24-13-5-6-14-25(24)34(37)44/h2-18,22,30H,19-21H2,1H3/t22-,30-/m0/s1. The van der Waals surface area contributed by atoms with Gasteiger partial charge in [0.05, 0.1) is 28.3 Å². The first-order valence-electron chi connectivity index (χ1n) is 14.9. The van der Waals surface area contributed by atoms with E-state index in [9.17, 15) is 28.8 Å². The van der Waals surface area contributed by atoms with E-state index in [-0.39, 0.29) is 22.3 Å². The van der Waals surface area contributed by atoms with E-state index < -0.39 is 60.6 Å². The summed E-state index contributed by atoms with van der Waals surface area (Å²) < 4.78 is 0. The summed E-state index contributed by atoms with van der Waals surface area (Å²) in [7, 11) is 0. The monoisotopic (exact) mass is 612 g/mol. The molecule has 3 heterocycles. The minimum atomic E-state index is -0.556. The topological polar surface area (TPSA) is 115 Å². The number of fused-ring (bicyclic) bond motifs is 3. The zero-order valence-corrected chi connectivity index (χ0v) is 24.8. The molecule has 10 heteroatoms. The summed E-state index contributed by atoms with van der Waals surface area (Å²) in [6.45, 7) is 0.953. The summed E-state index contributed by atoms with van der Waals surface area (Å²) >= 11 is 0. The predicted octanol–water partition coefficient (Wildman–Crippen LogP) is 4.48. The lowest BCUT2D eigenvalue weighted by Crippen LogP contribution is -2.52. The number of para-hydroxylation sites is 2. The SMILES string of the molecule is C[C@H]1C[C@H](N(C(=O)CN2C(=O)c3ccccc3C2=O)c2ccccc2)c2ccccc2N1C(=O)CN1C(=O)c2ccccc2C1=O. The molecule has 0 aliphatic carbocycles. The van der Waals surface area contributed by atoms with Crippen LogP contribution in [0.1, 0.15) is 66.4 Å². The van der Waals surface area contributed by atoms with Crippen molar-refractivity contribution < 1.29 is 28.8 Å². The fraction of sp³-hybridized carbons (Fsp3) is 0.167. The average molecular weight is 613 g/mol. The zero-order chi connectivity index (χ0) is 32.1. The van der Waals surface area contributed by atoms with Crippen molar-refractivity contribution >= 4 is 46.8 Å². The van der Waals surface area contributed by atoms with Gasteiger partial charge in [-0.25, -0.2) is 0 Å². The third-order valence-corrected chi connectivity index (χ3v) is 8.79. The quantitative estimate of drug-likeness (QED) is 0.297. The van der Waals surface area contributed by atoms with Gasteiger partial charge in [-0.05, 0) is 61.4 Å². The van der Waals surface area contributed by atoms with Gasteiger partial charge >= 0.3 is 0 Å². The van der Waals surface area contributed by atoms with Crippen LogP contribution in [-0.4, -0.2) is 64.4 Å². The smallest absolute Gasteiger partial charge is 0.262 e. The van der Waals surface area contributed by atoms with Crippen molar-refractivity contribution in [2.75, 3.05) is 22.9 Å². The summed E-state index contributed by atoms with van der Waals surface area (Å²) in [6.07, 6.45) is 0.313. The van der Waals surface area contributed by atoms with Gasteiger partial charge in [0.15, 0.2) is 0 Å². The molecule has 0 spiro atoms. The molecule has 228 valence electrons. The maximum atomic E-state index is 14.2. The molecule has 2 atom stereocenters. The lowest BCUT2D eigenvalue weighted by molar-refractivity contribution is -0.119. The first-order chi connectivity index (χ1) is 22.3. The summed E-state index contributed by atoms with van der Waals surface area (Å²) in [5.41, 5.74) is 2.84. The van der Waals surface area contributed by atoms with Crippen molar-refractivity contribution in [3.63, 3.8) is 0 Å². The zero-order valence-electron chi connectivity index (χ0n) is 24.8. The number of benzene rings is 4. The fourth-order valence-electron chi connectivity index (χ4n) is 6.68. The third kappa shape index (κ3) is 4.57. The largest absolute Gasteiger partial charge is 0.308 e. The highest BCUT2D eigenvalue weighted by Gasteiger charge is 2.43. The lowest BCUT2D eigenvalue weighted by Gasteiger charge is -2.44. The Hall–Kier alpha value is -5.90. The predicted molar refractivity (Wildman–Crippen MR) is 168 cm³/mol. The Kier molecular flexibility index (Phi) is 7.04. The van der Waals surface area contributed by atoms with Crippen LogP contribution < -0.4 is 9.80 Å². The van der Waals surface area contributed by atoms with Gasteiger partial charge in [0.1, 0.15) is 13.1 Å². The molecule has 0 saturated heterocycles. The summed E-state index contributed by atoms with van der Waals surface area (Å²) in [5, 5.41) is 0. The van der Waals surface area contributed by atoms with Crippen molar-refractivity contribution in [1.29, 1.82) is 0 Å². The Balaban J connectivity index is 1.20. The van der Waals surface area contributed by atoms with Gasteiger partial charge in [0.25, 0.3) is 23.6 Å². The van der Waals surface area contributed by atoms with E-state index in [4.69, 9.17) is 0 Å². The van der Waals surface area contributed by atoms with Crippen molar-refractivity contribution in [2.45, 2.75) is 25.4 Å². The Morgan fingerprint density at radius 3 is 1.63 bits per heavy atom. The number of rotatable bonds is 6. The van der Waals surface area contributed by atoms with Crippen LogP contribution in [-0.2, 0) is 9.59 Å². The molecule has 0 unspecified atom stereocenters. The van der Waals surface area contributed by atoms with E-state index in [0.717, 1.165) is 9.80 Å². The van der Waals surface area contributed by atoms with Gasteiger partial charge in [-0.15, -0.1) is 0 Å². The normalized spacial score (nSPS) is 18.4. The van der Waals surface area contributed by atoms with E-state index in [2.05, 4.69) is 0 Å². The molecule has 7 rings (SSSR count). The Labute approximate surface area is 264 Å². The van der Waals surface area contributed by atoms with Crippen LogP contribution >= 0.6 is 0 Å². The average Bonchev–Trinajstić information content (AvgIpc) is 3.45. The highest BCUT2D eigenvalue weighted by atomic mass is 16.2. The molecule has 0 fully saturated rings. The van der Waals surface area contributed by atoms with Gasteiger partial charge in [-0.2, -0.15) is 0 Å². The molecule has 0 radical (unpaired) electrons. The summed E-state index contributed by atoms with van der Waals surface area (Å²) in [5.74, 6) is -2.97. The molecule has 4 aromatic carbocycles. The molecule has 6 amide bonds. The van der Waals surface area contributed by atoms with Gasteiger partial charge in [-0.1, -0.05) is 60.7 Å². The van der Waals surface area contributed by atoms with E-state index in [1.54, 1.807) is 94.7 Å². The molecule has 3 aliphatic rings. The summed E-state index contributed by atoms with van der Waals surface area (Å²) in [6, 6.07) is 28.2. The molecule has 10 nitrogen and oxygen atoms in total. The number of carbonyl (C=O) groups is 6. The van der Waals surface area contributed by atoms with Gasteiger partial charge < -0.3 is 9.80 Å². The second-order valence-electron chi connectivity index (χ2n) is 11.5. The highest BCUT2D eigenvalue weighted by molar-refractivity contribution is 6.23. The lowest BCUT2D eigenvalue weighted by atomic mass is 9.89. The van der Waals surface area contributed by atoms with Crippen LogP contribution in [0, 0.1) is 0 Å². The van der Waals surface area contributed by atoms with Crippen LogP contribution in [0.2, 0.25) is 0 Å². The van der Waals surface area contributed by atoms with Crippen LogP contribution in [0.3, 0.4) is 0 Å². The van der Waals surface area contributed by atoms with Crippen molar-refractivity contribution in [2.24, 2.45) is 0 Å². The first-order valence-corrected chi connectivity index (χ1v) is 14.9. The fourth-order valence-corrected chi connectivity index (χ4v) is 6.68. The second-order valence-corrected chi connectivity index (χ2v) is 11.5. The number of imide groups is 2. The molecule has 46 heavy (non-hydrogen) atoms. The number of carbonyl (C=O) groups excluding carboxylic acids is 6. The second kappa shape index (κ2) is 11.2. The maximum absolute atomic E-state index is 14.2. The van der Waals surface area contributed by atoms with Gasteiger partial charge in [0, 0.05) is 17.4 Å². The molecule has 0 N–H and O–H groups in total. The number of amides is 6. The maximum Gasteiger partial charge on any atom is 0.262 e. The molecular formula is C36H28N4O6. The van der Waals surface area contributed by atoms with Crippen LogP contribution in [0.15, 0.2) is 103 Å². The minimum absolute atomic E-state index is 0.260. The number of anilines is 2. The van der Waals surface area contributed by atoms with Crippen molar-refractivity contribution in [3.8, 4) is 0 Å². The number of hydrogen-bond donors (Lipinski definition) is 0. The van der Waals surface area contributed by atoms with Crippen molar-refractivity contribution in [1.82, 2.24) is 9.80 Å². The molecule has 0 saturated carbocycles. The molecule has 0 aromatic heterocycles. The molecule has 0 bridgehead atoms. The van der Waals surface area contributed by atoms with E-state index in [1.165, 1.54) is 0 Å². The van der Waals surface area contributed by atoms with E-state index >= 15 is 0 Å². The molecule has 4 aromatic rings. The summed E-state index contributed by atoms with van der Waals surface area (Å²) in [4.78, 5) is 85.5. The Morgan fingerprint density at radius 1 is 0.630 bits per heavy atom. The van der Waals surface area contributed by atoms with E-state index in [0.29, 0.717) is 23.4 Å². The van der Waals surface area contributed by atoms with Crippen LogP contribution in [0.4, 0.5) is 11.4 Å². The van der Waals surface area contributed by atoms with Crippen molar-refractivity contribution in [3.05, 3.63) is 131 Å². The van der Waals surface area contributed by atoms with E-state index in [1.807, 2.05) is 25.1 Å². The Bertz CT molecular complexity index is 1890. The highest BCUT2D eigenvalue weighted by Crippen LogP contribution is 2.42.